The molecule has 0 atom stereocenters. The first-order valence-corrected chi connectivity index (χ1v) is 6.77. The monoisotopic (exact) mass is 273 g/mol. The summed E-state index contributed by atoms with van der Waals surface area (Å²) in [5, 5.41) is 1.09. The second-order valence-corrected chi connectivity index (χ2v) is 5.17. The van der Waals surface area contributed by atoms with Crippen molar-refractivity contribution in [1.29, 1.82) is 0 Å². The van der Waals surface area contributed by atoms with Gasteiger partial charge in [-0.1, -0.05) is 25.1 Å². The molecule has 0 radical (unpaired) electrons. The third kappa shape index (κ3) is 3.02. The molecule has 0 aliphatic heterocycles. The van der Waals surface area contributed by atoms with Crippen LogP contribution in [0.25, 0.3) is 10.9 Å². The molecule has 1 heterocycles. The molecule has 2 rings (SSSR count). The minimum Gasteiger partial charge on any atom is -0.346 e. The van der Waals surface area contributed by atoms with Crippen molar-refractivity contribution in [2.75, 3.05) is 5.75 Å². The van der Waals surface area contributed by atoms with E-state index in [9.17, 15) is 13.2 Å². The van der Waals surface area contributed by atoms with E-state index in [0.29, 0.717) is 6.54 Å². The van der Waals surface area contributed by atoms with Gasteiger partial charge in [0.15, 0.2) is 0 Å². The van der Waals surface area contributed by atoms with Gasteiger partial charge in [-0.2, -0.15) is 13.2 Å². The summed E-state index contributed by atoms with van der Waals surface area (Å²) in [6.07, 6.45) is 2.74. The maximum Gasteiger partial charge on any atom is 0.441 e. The summed E-state index contributed by atoms with van der Waals surface area (Å²) in [6, 6.07) is 7.94. The molecule has 0 fully saturated rings. The van der Waals surface area contributed by atoms with E-state index >= 15 is 0 Å². The normalized spacial score (nSPS) is 12.2. The second kappa shape index (κ2) is 5.26. The molecule has 2 aromatic rings. The first-order valence-electron chi connectivity index (χ1n) is 5.78. The largest absolute Gasteiger partial charge is 0.441 e. The van der Waals surface area contributed by atoms with Gasteiger partial charge in [0.05, 0.1) is 5.52 Å². The Morgan fingerprint density at radius 2 is 2.00 bits per heavy atom. The molecule has 0 aliphatic carbocycles. The van der Waals surface area contributed by atoms with Crippen molar-refractivity contribution in [2.24, 2.45) is 0 Å². The predicted octanol–water partition coefficient (Wildman–Crippen LogP) is 4.46. The number of aryl methyl sites for hydroxylation is 2. The molecule has 18 heavy (non-hydrogen) atoms. The molecule has 98 valence electrons. The zero-order chi connectivity index (χ0) is 13.2. The molecule has 0 unspecified atom stereocenters. The van der Waals surface area contributed by atoms with Gasteiger partial charge in [0, 0.05) is 18.5 Å². The van der Waals surface area contributed by atoms with Gasteiger partial charge in [-0.15, -0.1) is 0 Å². The number of rotatable bonds is 4. The van der Waals surface area contributed by atoms with Crippen molar-refractivity contribution in [3.63, 3.8) is 0 Å². The average Bonchev–Trinajstić information content (AvgIpc) is 2.71. The Kier molecular flexibility index (Phi) is 3.90. The molecule has 5 heteroatoms. The van der Waals surface area contributed by atoms with Crippen LogP contribution >= 0.6 is 11.8 Å². The van der Waals surface area contributed by atoms with Crippen molar-refractivity contribution in [1.82, 2.24) is 4.57 Å². The molecule has 0 bridgehead atoms. The van der Waals surface area contributed by atoms with Gasteiger partial charge in [-0.3, -0.25) is 0 Å². The Bertz CT molecular complexity index is 531. The number of hydrogen-bond donors (Lipinski definition) is 0. The molecule has 0 saturated carbocycles. The van der Waals surface area contributed by atoms with Gasteiger partial charge in [0.25, 0.3) is 0 Å². The zero-order valence-corrected chi connectivity index (χ0v) is 10.8. The molecule has 0 saturated heterocycles. The summed E-state index contributed by atoms with van der Waals surface area (Å²) in [5.74, 6) is 0.0470. The maximum absolute atomic E-state index is 12.1. The average molecular weight is 273 g/mol. The lowest BCUT2D eigenvalue weighted by Gasteiger charge is -2.09. The lowest BCUT2D eigenvalue weighted by Crippen LogP contribution is -2.06. The summed E-state index contributed by atoms with van der Waals surface area (Å²) in [6.45, 7) is 2.43. The summed E-state index contributed by atoms with van der Waals surface area (Å²) in [7, 11) is 0. The lowest BCUT2D eigenvalue weighted by molar-refractivity contribution is -0.0328. The summed E-state index contributed by atoms with van der Waals surface area (Å²) < 4.78 is 38.2. The number of hydrogen-bond acceptors (Lipinski definition) is 1. The van der Waals surface area contributed by atoms with Crippen molar-refractivity contribution in [3.05, 3.63) is 36.0 Å². The van der Waals surface area contributed by atoms with Crippen LogP contribution in [-0.2, 0) is 13.0 Å². The highest BCUT2D eigenvalue weighted by molar-refractivity contribution is 8.00. The van der Waals surface area contributed by atoms with Crippen molar-refractivity contribution in [3.8, 4) is 0 Å². The number of fused-ring (bicyclic) bond motifs is 1. The Morgan fingerprint density at radius 1 is 1.22 bits per heavy atom. The Balaban J connectivity index is 2.18. The molecule has 0 spiro atoms. The molecular formula is C13H14F3NS. The van der Waals surface area contributed by atoms with E-state index in [0.717, 1.165) is 17.3 Å². The van der Waals surface area contributed by atoms with Crippen LogP contribution in [0.15, 0.2) is 30.5 Å². The smallest absolute Gasteiger partial charge is 0.346 e. The number of para-hydroxylation sites is 1. The van der Waals surface area contributed by atoms with Crippen LogP contribution in [-0.4, -0.2) is 15.8 Å². The van der Waals surface area contributed by atoms with Crippen LogP contribution in [0.3, 0.4) is 0 Å². The van der Waals surface area contributed by atoms with E-state index in [4.69, 9.17) is 0 Å². The molecule has 1 aromatic heterocycles. The number of halogens is 3. The Morgan fingerprint density at radius 3 is 2.67 bits per heavy atom. The van der Waals surface area contributed by atoms with Crippen molar-refractivity contribution in [2.45, 2.75) is 25.4 Å². The van der Waals surface area contributed by atoms with Gasteiger partial charge < -0.3 is 4.57 Å². The van der Waals surface area contributed by atoms with Crippen LogP contribution in [0.4, 0.5) is 13.2 Å². The third-order valence-electron chi connectivity index (χ3n) is 2.85. The van der Waals surface area contributed by atoms with E-state index in [1.165, 1.54) is 5.56 Å². The number of aromatic nitrogens is 1. The minimum absolute atomic E-state index is 0.0330. The fourth-order valence-corrected chi connectivity index (χ4v) is 2.59. The van der Waals surface area contributed by atoms with Crippen molar-refractivity contribution < 1.29 is 13.2 Å². The highest BCUT2D eigenvalue weighted by Crippen LogP contribution is 2.30. The Labute approximate surface area is 108 Å². The van der Waals surface area contributed by atoms with Gasteiger partial charge in [-0.05, 0) is 35.2 Å². The van der Waals surface area contributed by atoms with Gasteiger partial charge >= 0.3 is 5.51 Å². The van der Waals surface area contributed by atoms with Crippen LogP contribution in [0, 0.1) is 0 Å². The van der Waals surface area contributed by atoms with Gasteiger partial charge in [-0.25, -0.2) is 0 Å². The van der Waals surface area contributed by atoms with Gasteiger partial charge in [0.2, 0.25) is 0 Å². The van der Waals surface area contributed by atoms with Crippen molar-refractivity contribution >= 4 is 22.7 Å². The summed E-state index contributed by atoms with van der Waals surface area (Å²) >= 11 is 0.0330. The van der Waals surface area contributed by atoms with Crippen LogP contribution in [0.2, 0.25) is 0 Å². The van der Waals surface area contributed by atoms with E-state index < -0.39 is 5.51 Å². The van der Waals surface area contributed by atoms with E-state index in [2.05, 4.69) is 6.92 Å². The molecule has 1 aromatic carbocycles. The number of benzene rings is 1. The Hall–Kier alpha value is -1.10. The maximum atomic E-state index is 12.1. The fraction of sp³-hybridized carbons (Fsp3) is 0.385. The fourth-order valence-electron chi connectivity index (χ4n) is 2.07. The number of nitrogens with zero attached hydrogens (tertiary/aromatic N) is 1. The molecular weight excluding hydrogens is 259 g/mol. The summed E-state index contributed by atoms with van der Waals surface area (Å²) in [4.78, 5) is 0. The topological polar surface area (TPSA) is 4.93 Å². The molecule has 1 nitrogen and oxygen atoms in total. The van der Waals surface area contributed by atoms with Gasteiger partial charge in [0.1, 0.15) is 0 Å². The van der Waals surface area contributed by atoms with E-state index in [-0.39, 0.29) is 17.5 Å². The molecule has 0 amide bonds. The summed E-state index contributed by atoms with van der Waals surface area (Å²) in [5.41, 5.74) is -1.91. The first-order chi connectivity index (χ1) is 8.51. The number of thioether (sulfide) groups is 1. The van der Waals surface area contributed by atoms with E-state index in [1.54, 1.807) is 0 Å². The molecule has 0 N–H and O–H groups in total. The second-order valence-electron chi connectivity index (χ2n) is 4.01. The van der Waals surface area contributed by atoms with Crippen LogP contribution in [0.5, 0.6) is 0 Å². The third-order valence-corrected chi connectivity index (χ3v) is 3.56. The van der Waals surface area contributed by atoms with Crippen LogP contribution < -0.4 is 0 Å². The van der Waals surface area contributed by atoms with E-state index in [1.807, 2.05) is 35.0 Å². The highest BCUT2D eigenvalue weighted by Gasteiger charge is 2.27. The van der Waals surface area contributed by atoms with Crippen LogP contribution in [0.1, 0.15) is 12.5 Å². The standard InChI is InChI=1S/C13H14F3NS/c1-2-10-4-3-5-11-6-7-17(12(10)11)8-9-18-13(14,15)16/h3-7H,2,8-9H2,1H3. The zero-order valence-electron chi connectivity index (χ0n) is 10.00. The number of alkyl halides is 3. The quantitative estimate of drug-likeness (QED) is 0.796. The first kappa shape index (κ1) is 13.3. The molecule has 0 aliphatic rings. The lowest BCUT2D eigenvalue weighted by atomic mass is 10.1. The minimum atomic E-state index is -4.14. The highest BCUT2D eigenvalue weighted by atomic mass is 32.2. The predicted molar refractivity (Wildman–Crippen MR) is 69.8 cm³/mol. The SMILES string of the molecule is CCc1cccc2ccn(CCSC(F)(F)F)c12.